The van der Waals surface area contributed by atoms with Crippen LogP contribution >= 0.6 is 0 Å². The molecule has 0 saturated carbocycles. The van der Waals surface area contributed by atoms with E-state index in [1.165, 1.54) is 12.1 Å². The first-order chi connectivity index (χ1) is 13.0. The maximum Gasteiger partial charge on any atom is 0.303 e. The summed E-state index contributed by atoms with van der Waals surface area (Å²) in [5, 5.41) is 18.3. The number of halogens is 1. The molecule has 138 valence electrons. The molecule has 0 spiro atoms. The first-order valence-corrected chi connectivity index (χ1v) is 8.93. The predicted octanol–water partition coefficient (Wildman–Crippen LogP) is 4.79. The fourth-order valence-corrected chi connectivity index (χ4v) is 3.78. The van der Waals surface area contributed by atoms with Crippen molar-refractivity contribution in [3.05, 3.63) is 59.7 Å². The van der Waals surface area contributed by atoms with E-state index in [4.69, 9.17) is 0 Å². The summed E-state index contributed by atoms with van der Waals surface area (Å²) in [5.74, 6) is -0.942. The molecule has 4 rings (SSSR count). The van der Waals surface area contributed by atoms with Gasteiger partial charge in [0.25, 0.3) is 0 Å². The quantitative estimate of drug-likeness (QED) is 0.534. The van der Waals surface area contributed by atoms with Crippen molar-refractivity contribution in [2.24, 2.45) is 0 Å². The molecule has 0 bridgehead atoms. The smallest absolute Gasteiger partial charge is 0.303 e. The number of hydrogen-bond acceptors (Lipinski definition) is 2. The molecule has 2 heterocycles. The van der Waals surface area contributed by atoms with E-state index in [0.29, 0.717) is 6.42 Å². The molecule has 0 radical (unpaired) electrons. The van der Waals surface area contributed by atoms with Crippen molar-refractivity contribution in [1.82, 2.24) is 14.8 Å². The van der Waals surface area contributed by atoms with E-state index >= 15 is 0 Å². The molecule has 0 unspecified atom stereocenters. The molecule has 0 amide bonds. The lowest BCUT2D eigenvalue weighted by atomic mass is 9.99. The van der Waals surface area contributed by atoms with Gasteiger partial charge in [-0.1, -0.05) is 13.8 Å². The Bertz CT molecular complexity index is 1140. The summed E-state index contributed by atoms with van der Waals surface area (Å²) in [5.41, 5.74) is 4.81. The first-order valence-electron chi connectivity index (χ1n) is 8.93. The van der Waals surface area contributed by atoms with Crippen LogP contribution in [0.15, 0.2) is 42.6 Å². The first kappa shape index (κ1) is 17.3. The molecule has 6 heteroatoms. The minimum Gasteiger partial charge on any atom is -0.481 e. The van der Waals surface area contributed by atoms with Gasteiger partial charge in [0.15, 0.2) is 0 Å². The number of aliphatic carboxylic acids is 1. The standard InChI is InChI=1S/C21H20FN3O2/c1-12(2)21-16(7-8-20(26)27)17-10-18-13(11-23-24-18)9-19(17)25(21)15-5-3-14(22)4-6-15/h3-6,9-12H,7-8H2,1-2H3,(H,23,24)(H,26,27). The van der Waals surface area contributed by atoms with Gasteiger partial charge >= 0.3 is 5.97 Å². The fourth-order valence-electron chi connectivity index (χ4n) is 3.78. The molecule has 5 nitrogen and oxygen atoms in total. The van der Waals surface area contributed by atoms with Crippen LogP contribution in [0.3, 0.4) is 0 Å². The zero-order chi connectivity index (χ0) is 19.1. The van der Waals surface area contributed by atoms with E-state index in [2.05, 4.69) is 28.6 Å². The fraction of sp³-hybridized carbons (Fsp3) is 0.238. The van der Waals surface area contributed by atoms with Crippen LogP contribution in [0.4, 0.5) is 4.39 Å². The van der Waals surface area contributed by atoms with Gasteiger partial charge in [-0.15, -0.1) is 0 Å². The topological polar surface area (TPSA) is 70.9 Å². The Kier molecular flexibility index (Phi) is 4.18. The number of aromatic nitrogens is 3. The van der Waals surface area contributed by atoms with Gasteiger partial charge in [0.05, 0.1) is 17.2 Å². The van der Waals surface area contributed by atoms with Crippen LogP contribution in [0, 0.1) is 5.82 Å². The third kappa shape index (κ3) is 2.97. The summed E-state index contributed by atoms with van der Waals surface area (Å²) in [7, 11) is 0. The zero-order valence-corrected chi connectivity index (χ0v) is 15.2. The highest BCUT2D eigenvalue weighted by Gasteiger charge is 2.22. The molecule has 0 aliphatic carbocycles. The number of carboxylic acids is 1. The van der Waals surface area contributed by atoms with Gasteiger partial charge in [0.1, 0.15) is 5.82 Å². The molecule has 27 heavy (non-hydrogen) atoms. The molecule has 0 aliphatic rings. The Hall–Kier alpha value is -3.15. The largest absolute Gasteiger partial charge is 0.481 e. The molecular formula is C21H20FN3O2. The van der Waals surface area contributed by atoms with E-state index < -0.39 is 5.97 Å². The van der Waals surface area contributed by atoms with Gasteiger partial charge in [-0.2, -0.15) is 5.10 Å². The highest BCUT2D eigenvalue weighted by Crippen LogP contribution is 2.36. The van der Waals surface area contributed by atoms with Gasteiger partial charge in [0, 0.05) is 28.6 Å². The van der Waals surface area contributed by atoms with Crippen molar-refractivity contribution in [2.75, 3.05) is 0 Å². The van der Waals surface area contributed by atoms with Gasteiger partial charge in [-0.25, -0.2) is 4.39 Å². The van der Waals surface area contributed by atoms with Gasteiger partial charge < -0.3 is 9.67 Å². The zero-order valence-electron chi connectivity index (χ0n) is 15.2. The molecule has 4 aromatic rings. The third-order valence-electron chi connectivity index (χ3n) is 4.89. The number of H-pyrrole nitrogens is 1. The number of hydrogen-bond donors (Lipinski definition) is 2. The maximum absolute atomic E-state index is 13.5. The van der Waals surface area contributed by atoms with Crippen molar-refractivity contribution in [3.8, 4) is 5.69 Å². The van der Waals surface area contributed by atoms with Crippen molar-refractivity contribution < 1.29 is 14.3 Å². The number of carbonyl (C=O) groups is 1. The van der Waals surface area contributed by atoms with Crippen LogP contribution in [0.25, 0.3) is 27.5 Å². The molecule has 2 aromatic carbocycles. The Balaban J connectivity index is 2.07. The van der Waals surface area contributed by atoms with Crippen molar-refractivity contribution in [1.29, 1.82) is 0 Å². The normalized spacial score (nSPS) is 11.7. The number of aryl methyl sites for hydroxylation is 1. The number of aromatic amines is 1. The molecule has 2 aromatic heterocycles. The highest BCUT2D eigenvalue weighted by molar-refractivity contribution is 5.98. The number of nitrogens with one attached hydrogen (secondary N) is 1. The monoisotopic (exact) mass is 365 g/mol. The Labute approximate surface area is 155 Å². The summed E-state index contributed by atoms with van der Waals surface area (Å²) in [6, 6.07) is 10.5. The number of benzene rings is 2. The second-order valence-corrected chi connectivity index (χ2v) is 7.05. The van der Waals surface area contributed by atoms with Gasteiger partial charge in [0.2, 0.25) is 0 Å². The molecule has 2 N–H and O–H groups in total. The second kappa shape index (κ2) is 6.54. The number of rotatable bonds is 5. The second-order valence-electron chi connectivity index (χ2n) is 7.05. The summed E-state index contributed by atoms with van der Waals surface area (Å²) in [6.07, 6.45) is 2.26. The minimum atomic E-state index is -0.824. The van der Waals surface area contributed by atoms with E-state index in [0.717, 1.165) is 38.8 Å². The predicted molar refractivity (Wildman–Crippen MR) is 103 cm³/mol. The molecule has 0 saturated heterocycles. The summed E-state index contributed by atoms with van der Waals surface area (Å²) < 4.78 is 15.6. The van der Waals surface area contributed by atoms with Crippen LogP contribution in [-0.4, -0.2) is 25.8 Å². The molecule has 0 aliphatic heterocycles. The summed E-state index contributed by atoms with van der Waals surface area (Å²) in [4.78, 5) is 11.2. The lowest BCUT2D eigenvalue weighted by Gasteiger charge is -2.15. The maximum atomic E-state index is 13.5. The van der Waals surface area contributed by atoms with E-state index in [1.54, 1.807) is 18.3 Å². The van der Waals surface area contributed by atoms with Crippen LogP contribution in [-0.2, 0) is 11.2 Å². The van der Waals surface area contributed by atoms with Crippen LogP contribution < -0.4 is 0 Å². The summed E-state index contributed by atoms with van der Waals surface area (Å²) >= 11 is 0. The molecular weight excluding hydrogens is 345 g/mol. The Morgan fingerprint density at radius 3 is 2.67 bits per heavy atom. The molecule has 0 atom stereocenters. The minimum absolute atomic E-state index is 0.0588. The van der Waals surface area contributed by atoms with E-state index in [1.807, 2.05) is 12.1 Å². The Morgan fingerprint density at radius 2 is 2.00 bits per heavy atom. The lowest BCUT2D eigenvalue weighted by molar-refractivity contribution is -0.136. The lowest BCUT2D eigenvalue weighted by Crippen LogP contribution is -2.06. The van der Waals surface area contributed by atoms with Crippen LogP contribution in [0.1, 0.15) is 37.4 Å². The highest BCUT2D eigenvalue weighted by atomic mass is 19.1. The van der Waals surface area contributed by atoms with Crippen molar-refractivity contribution in [2.45, 2.75) is 32.6 Å². The van der Waals surface area contributed by atoms with E-state index in [-0.39, 0.29) is 18.2 Å². The molecule has 0 fully saturated rings. The number of nitrogens with zero attached hydrogens (tertiary/aromatic N) is 2. The SMILES string of the molecule is CC(C)c1c(CCC(=O)O)c2cc3[nH]ncc3cc2n1-c1ccc(F)cc1. The number of fused-ring (bicyclic) bond motifs is 2. The van der Waals surface area contributed by atoms with Crippen molar-refractivity contribution >= 4 is 27.8 Å². The number of carboxylic acid groups (broad SMARTS) is 1. The average Bonchev–Trinajstić information content (AvgIpc) is 3.20. The van der Waals surface area contributed by atoms with Crippen LogP contribution in [0.5, 0.6) is 0 Å². The van der Waals surface area contributed by atoms with Crippen LogP contribution in [0.2, 0.25) is 0 Å². The van der Waals surface area contributed by atoms with E-state index in [9.17, 15) is 14.3 Å². The van der Waals surface area contributed by atoms with Gasteiger partial charge in [-0.3, -0.25) is 9.89 Å². The van der Waals surface area contributed by atoms with Crippen molar-refractivity contribution in [3.63, 3.8) is 0 Å². The third-order valence-corrected chi connectivity index (χ3v) is 4.89. The Morgan fingerprint density at radius 1 is 1.26 bits per heavy atom. The van der Waals surface area contributed by atoms with Gasteiger partial charge in [-0.05, 0) is 54.3 Å². The summed E-state index contributed by atoms with van der Waals surface area (Å²) in [6.45, 7) is 4.18. The average molecular weight is 365 g/mol.